The van der Waals surface area contributed by atoms with Crippen LogP contribution in [0.3, 0.4) is 0 Å². The molecule has 0 aliphatic rings. The number of hydrogen-bond acceptors (Lipinski definition) is 0. The molecular weight excluding hydrogens is 211 g/mol. The van der Waals surface area contributed by atoms with E-state index in [1.807, 2.05) is 0 Å². The molecule has 0 N–H and O–H groups in total. The molecule has 0 fully saturated rings. The van der Waals surface area contributed by atoms with Gasteiger partial charge in [0, 0.05) is 0 Å². The minimum absolute atomic E-state index is 0.848. The van der Waals surface area contributed by atoms with Crippen molar-refractivity contribution >= 4 is 13.9 Å². The maximum absolute atomic E-state index is 2.29. The molecule has 0 radical (unpaired) electrons. The zero-order valence-corrected chi connectivity index (χ0v) is 11.0. The molecule has 2 aromatic carbocycles. The summed E-state index contributed by atoms with van der Waals surface area (Å²) in [7, 11) is 0.848. The Morgan fingerprint density at radius 2 is 1.62 bits per heavy atom. The van der Waals surface area contributed by atoms with E-state index in [4.69, 9.17) is 0 Å². The van der Waals surface area contributed by atoms with Gasteiger partial charge in [-0.2, -0.15) is 0 Å². The first-order valence-electron chi connectivity index (χ1n) is 5.57. The minimum Gasteiger partial charge on any atom is -0.0929 e. The van der Waals surface area contributed by atoms with Crippen molar-refractivity contribution in [3.63, 3.8) is 0 Å². The molecule has 0 aliphatic heterocycles. The van der Waals surface area contributed by atoms with Crippen molar-refractivity contribution in [2.24, 2.45) is 0 Å². The lowest BCUT2D eigenvalue weighted by Crippen LogP contribution is -1.99. The zero-order valence-electron chi connectivity index (χ0n) is 10.0. The standard InChI is InChI=1S/C15H17P/c1-11-8-9-12(2)14(10-11)13-6-4-5-7-15(13)16-3/h4-10,16H,1-3H3. The van der Waals surface area contributed by atoms with E-state index in [1.165, 1.54) is 27.6 Å². The van der Waals surface area contributed by atoms with Crippen molar-refractivity contribution in [1.29, 1.82) is 0 Å². The van der Waals surface area contributed by atoms with Crippen molar-refractivity contribution in [2.45, 2.75) is 13.8 Å². The molecule has 0 spiro atoms. The highest BCUT2D eigenvalue weighted by Gasteiger charge is 2.05. The number of rotatable bonds is 2. The molecule has 0 saturated carbocycles. The summed E-state index contributed by atoms with van der Waals surface area (Å²) in [5.41, 5.74) is 5.46. The molecule has 0 aromatic heterocycles. The molecule has 2 aromatic rings. The smallest absolute Gasteiger partial charge is 0.0107 e. The summed E-state index contributed by atoms with van der Waals surface area (Å²) in [4.78, 5) is 0. The van der Waals surface area contributed by atoms with E-state index < -0.39 is 0 Å². The number of hydrogen-bond donors (Lipinski definition) is 0. The first-order valence-corrected chi connectivity index (χ1v) is 7.07. The molecule has 0 saturated heterocycles. The second-order valence-electron chi connectivity index (χ2n) is 4.11. The van der Waals surface area contributed by atoms with Crippen LogP contribution in [0, 0.1) is 13.8 Å². The molecule has 0 amide bonds. The molecule has 82 valence electrons. The van der Waals surface area contributed by atoms with Gasteiger partial charge in [-0.15, -0.1) is 0 Å². The predicted octanol–water partition coefficient (Wildman–Crippen LogP) is 3.90. The quantitative estimate of drug-likeness (QED) is 0.684. The molecule has 1 unspecified atom stereocenters. The third kappa shape index (κ3) is 2.18. The van der Waals surface area contributed by atoms with Gasteiger partial charge in [-0.3, -0.25) is 0 Å². The highest BCUT2D eigenvalue weighted by Crippen LogP contribution is 2.26. The molecule has 0 nitrogen and oxygen atoms in total. The zero-order chi connectivity index (χ0) is 11.5. The Bertz CT molecular complexity index is 501. The van der Waals surface area contributed by atoms with Crippen molar-refractivity contribution in [3.05, 3.63) is 53.6 Å². The van der Waals surface area contributed by atoms with Gasteiger partial charge in [0.2, 0.25) is 0 Å². The highest BCUT2D eigenvalue weighted by molar-refractivity contribution is 7.46. The van der Waals surface area contributed by atoms with Crippen LogP contribution in [-0.2, 0) is 0 Å². The summed E-state index contributed by atoms with van der Waals surface area (Å²) in [5, 5.41) is 1.45. The second kappa shape index (κ2) is 4.80. The van der Waals surface area contributed by atoms with Gasteiger partial charge in [-0.25, -0.2) is 0 Å². The molecule has 16 heavy (non-hydrogen) atoms. The third-order valence-electron chi connectivity index (χ3n) is 2.88. The molecule has 1 atom stereocenters. The summed E-state index contributed by atoms with van der Waals surface area (Å²) >= 11 is 0. The molecule has 0 heterocycles. The summed E-state index contributed by atoms with van der Waals surface area (Å²) in [6, 6.07) is 15.4. The second-order valence-corrected chi connectivity index (χ2v) is 5.15. The van der Waals surface area contributed by atoms with Crippen LogP contribution in [-0.4, -0.2) is 6.66 Å². The van der Waals surface area contributed by atoms with Gasteiger partial charge in [0.05, 0.1) is 0 Å². The fourth-order valence-electron chi connectivity index (χ4n) is 1.96. The van der Waals surface area contributed by atoms with E-state index in [-0.39, 0.29) is 0 Å². The summed E-state index contributed by atoms with van der Waals surface area (Å²) in [6.07, 6.45) is 0. The van der Waals surface area contributed by atoms with Crippen LogP contribution >= 0.6 is 8.58 Å². The van der Waals surface area contributed by atoms with E-state index in [2.05, 4.69) is 63.0 Å². The van der Waals surface area contributed by atoms with Crippen LogP contribution in [0.25, 0.3) is 11.1 Å². The molecule has 2 rings (SSSR count). The lowest BCUT2D eigenvalue weighted by molar-refractivity contribution is 1.40. The van der Waals surface area contributed by atoms with Crippen LogP contribution in [0.15, 0.2) is 42.5 Å². The lowest BCUT2D eigenvalue weighted by atomic mass is 9.98. The molecule has 0 bridgehead atoms. The Kier molecular flexibility index (Phi) is 3.41. The fourth-order valence-corrected chi connectivity index (χ4v) is 2.71. The molecule has 0 aliphatic carbocycles. The van der Waals surface area contributed by atoms with Gasteiger partial charge >= 0.3 is 0 Å². The molecular formula is C15H17P. The Labute approximate surface area is 99.5 Å². The van der Waals surface area contributed by atoms with Gasteiger partial charge in [0.25, 0.3) is 0 Å². The normalized spacial score (nSPS) is 11.2. The predicted molar refractivity (Wildman–Crippen MR) is 75.2 cm³/mol. The maximum Gasteiger partial charge on any atom is -0.0107 e. The SMILES string of the molecule is CPc1ccccc1-c1cc(C)ccc1C. The number of aryl methyl sites for hydroxylation is 2. The third-order valence-corrected chi connectivity index (χ3v) is 3.85. The van der Waals surface area contributed by atoms with Crippen molar-refractivity contribution in [1.82, 2.24) is 0 Å². The summed E-state index contributed by atoms with van der Waals surface area (Å²) < 4.78 is 0. The Balaban J connectivity index is 2.62. The van der Waals surface area contributed by atoms with E-state index in [0.29, 0.717) is 0 Å². The lowest BCUT2D eigenvalue weighted by Gasteiger charge is -2.11. The van der Waals surface area contributed by atoms with E-state index in [9.17, 15) is 0 Å². The highest BCUT2D eigenvalue weighted by atomic mass is 31.1. The van der Waals surface area contributed by atoms with Gasteiger partial charge in [0.15, 0.2) is 0 Å². The topological polar surface area (TPSA) is 0 Å². The average Bonchev–Trinajstić information content (AvgIpc) is 2.32. The minimum atomic E-state index is 0.848. The van der Waals surface area contributed by atoms with Gasteiger partial charge in [-0.1, -0.05) is 56.6 Å². The van der Waals surface area contributed by atoms with E-state index in [1.54, 1.807) is 0 Å². The van der Waals surface area contributed by atoms with E-state index in [0.717, 1.165) is 8.58 Å². The van der Waals surface area contributed by atoms with Crippen LogP contribution in [0.4, 0.5) is 0 Å². The summed E-state index contributed by atoms with van der Waals surface area (Å²) in [6.45, 7) is 6.58. The van der Waals surface area contributed by atoms with Gasteiger partial charge < -0.3 is 0 Å². The molecule has 1 heteroatoms. The maximum atomic E-state index is 2.29. The summed E-state index contributed by atoms with van der Waals surface area (Å²) in [5.74, 6) is 0. The largest absolute Gasteiger partial charge is 0.0929 e. The van der Waals surface area contributed by atoms with Crippen LogP contribution in [0.1, 0.15) is 11.1 Å². The van der Waals surface area contributed by atoms with Crippen LogP contribution in [0.5, 0.6) is 0 Å². The van der Waals surface area contributed by atoms with Crippen molar-refractivity contribution < 1.29 is 0 Å². The first-order chi connectivity index (χ1) is 7.72. The average molecular weight is 228 g/mol. The fraction of sp³-hybridized carbons (Fsp3) is 0.200. The van der Waals surface area contributed by atoms with Crippen molar-refractivity contribution in [2.75, 3.05) is 6.66 Å². The van der Waals surface area contributed by atoms with E-state index >= 15 is 0 Å². The van der Waals surface area contributed by atoms with Gasteiger partial charge in [-0.05, 0) is 42.5 Å². The van der Waals surface area contributed by atoms with Gasteiger partial charge in [0.1, 0.15) is 0 Å². The van der Waals surface area contributed by atoms with Crippen LogP contribution in [0.2, 0.25) is 0 Å². The Morgan fingerprint density at radius 1 is 0.875 bits per heavy atom. The van der Waals surface area contributed by atoms with Crippen LogP contribution < -0.4 is 5.30 Å². The van der Waals surface area contributed by atoms with Crippen molar-refractivity contribution in [3.8, 4) is 11.1 Å². The Hall–Kier alpha value is -1.13. The first kappa shape index (κ1) is 11.4. The Morgan fingerprint density at radius 3 is 2.38 bits per heavy atom. The number of benzene rings is 2. The monoisotopic (exact) mass is 228 g/mol.